The lowest BCUT2D eigenvalue weighted by Crippen LogP contribution is -2.02. The minimum Gasteiger partial charge on any atom is -0.418 e. The van der Waals surface area contributed by atoms with Crippen LogP contribution in [0.5, 0.6) is 0 Å². The molecule has 14 heteroatoms. The van der Waals surface area contributed by atoms with Crippen LogP contribution >= 0.6 is 31.9 Å². The molecule has 8 rings (SSSR count). The zero-order valence-electron chi connectivity index (χ0n) is 26.5. The second-order valence-electron chi connectivity index (χ2n) is 11.3. The van der Waals surface area contributed by atoms with Crippen LogP contribution in [0, 0.1) is 0 Å². The van der Waals surface area contributed by atoms with Gasteiger partial charge in [0.1, 0.15) is 0 Å². The summed E-state index contributed by atoms with van der Waals surface area (Å²) in [6.07, 6.45) is 0. The van der Waals surface area contributed by atoms with E-state index >= 15 is 0 Å². The first kappa shape index (κ1) is 37.0. The molecule has 0 fully saturated rings. The van der Waals surface area contributed by atoms with E-state index in [1.165, 1.54) is 0 Å². The number of halogens is 10. The Bertz CT molecular complexity index is 2280. The van der Waals surface area contributed by atoms with Crippen LogP contribution in [0.25, 0.3) is 77.3 Å². The summed E-state index contributed by atoms with van der Waals surface area (Å²) < 4.78 is 92.8. The molecule has 0 aliphatic heterocycles. The minimum atomic E-state index is -6.00. The molecule has 0 bridgehead atoms. The van der Waals surface area contributed by atoms with Crippen molar-refractivity contribution in [3.05, 3.63) is 142 Å². The van der Waals surface area contributed by atoms with Crippen LogP contribution in [0.3, 0.4) is 0 Å². The van der Waals surface area contributed by atoms with Gasteiger partial charge in [-0.25, -0.2) is 0 Å². The van der Waals surface area contributed by atoms with Crippen molar-refractivity contribution in [3.8, 4) is 33.4 Å². The number of hydrogen-bond acceptors (Lipinski definition) is 2. The van der Waals surface area contributed by atoms with Gasteiger partial charge in [0.15, 0.2) is 22.3 Å². The minimum absolute atomic E-state index is 0.853. The number of rotatable bonds is 3. The van der Waals surface area contributed by atoms with Crippen LogP contribution < -0.4 is 0 Å². The number of hydrogen-bond donors (Lipinski definition) is 0. The highest BCUT2D eigenvalue weighted by atomic mass is 79.9. The first-order valence-electron chi connectivity index (χ1n) is 15.5. The second kappa shape index (κ2) is 15.0. The van der Waals surface area contributed by atoms with E-state index in [1.807, 2.05) is 48.5 Å². The summed E-state index contributed by atoms with van der Waals surface area (Å²) in [5, 5.41) is 4.27. The fraction of sp³-hybridized carbons (Fsp3) is 0. The maximum atomic E-state index is 9.75. The van der Waals surface area contributed by atoms with Crippen molar-refractivity contribution < 1.29 is 43.4 Å². The van der Waals surface area contributed by atoms with Crippen molar-refractivity contribution in [1.29, 1.82) is 0 Å². The summed E-state index contributed by atoms with van der Waals surface area (Å²) >= 11 is 7.97. The van der Waals surface area contributed by atoms with Gasteiger partial charge in [0.2, 0.25) is 0 Å². The van der Waals surface area contributed by atoms with Crippen molar-refractivity contribution in [2.75, 3.05) is 0 Å². The predicted molar refractivity (Wildman–Crippen MR) is 202 cm³/mol. The zero-order valence-corrected chi connectivity index (χ0v) is 29.6. The fourth-order valence-electron chi connectivity index (χ4n) is 6.13. The van der Waals surface area contributed by atoms with Crippen LogP contribution in [-0.2, 0) is 0 Å². The molecule has 52 heavy (non-hydrogen) atoms. The molecular formula is C38H22B2Br2F8O2. The van der Waals surface area contributed by atoms with Gasteiger partial charge in [0.25, 0.3) is 0 Å². The van der Waals surface area contributed by atoms with Gasteiger partial charge < -0.3 is 43.4 Å². The Hall–Kier alpha value is -4.81. The predicted octanol–water partition coefficient (Wildman–Crippen LogP) is 15.2. The van der Waals surface area contributed by atoms with Gasteiger partial charge in [-0.2, -0.15) is 0 Å². The van der Waals surface area contributed by atoms with E-state index in [-0.39, 0.29) is 0 Å². The van der Waals surface area contributed by atoms with Gasteiger partial charge in [-0.05, 0) is 141 Å². The molecule has 2 nitrogen and oxygen atoms in total. The van der Waals surface area contributed by atoms with E-state index in [2.05, 4.69) is 117 Å². The van der Waals surface area contributed by atoms with Crippen LogP contribution in [0.1, 0.15) is 0 Å². The van der Waals surface area contributed by atoms with Crippen molar-refractivity contribution >= 4 is 90.2 Å². The fourth-order valence-corrected chi connectivity index (χ4v) is 7.26. The molecule has 0 saturated heterocycles. The highest BCUT2D eigenvalue weighted by Gasteiger charge is 2.30. The molecule has 0 saturated carbocycles. The third kappa shape index (κ3) is 8.29. The molecule has 0 N–H and O–H groups in total. The molecule has 0 aliphatic rings. The van der Waals surface area contributed by atoms with Crippen molar-refractivity contribution in [2.24, 2.45) is 0 Å². The molecule has 2 heterocycles. The molecule has 0 atom stereocenters. The molecule has 8 aromatic rings. The van der Waals surface area contributed by atoms with E-state index in [1.54, 1.807) is 0 Å². The summed E-state index contributed by atoms with van der Waals surface area (Å²) in [6.45, 7) is 0. The zero-order chi connectivity index (χ0) is 37.2. The molecule has 6 aromatic carbocycles. The largest absolute Gasteiger partial charge is 0.673 e. The second-order valence-corrected chi connectivity index (χ2v) is 13.0. The molecule has 0 unspecified atom stereocenters. The third-order valence-corrected chi connectivity index (χ3v) is 9.20. The summed E-state index contributed by atoms with van der Waals surface area (Å²) in [7, 11) is -12.0. The molecule has 2 aromatic heterocycles. The smallest absolute Gasteiger partial charge is 0.418 e. The van der Waals surface area contributed by atoms with Gasteiger partial charge in [-0.1, -0.05) is 0 Å². The third-order valence-electron chi connectivity index (χ3n) is 7.88. The van der Waals surface area contributed by atoms with Crippen LogP contribution in [0.15, 0.2) is 151 Å². The van der Waals surface area contributed by atoms with Crippen molar-refractivity contribution in [1.82, 2.24) is 0 Å². The lowest BCUT2D eigenvalue weighted by molar-refractivity contribution is 0.366. The quantitative estimate of drug-likeness (QED) is 0.0766. The SMILES string of the molecule is Brc1cccc(-[c+]2c3ccccc3oc3ccccc32)c1-c1c(Br)cccc1-[c+]1c2ccccc2oc2ccccc21.F[B-](F)(F)F.F[B-](F)(F)F. The maximum Gasteiger partial charge on any atom is 0.673 e. The van der Waals surface area contributed by atoms with Gasteiger partial charge >= 0.3 is 14.5 Å². The maximum absolute atomic E-state index is 9.75. The Morgan fingerprint density at radius 2 is 0.615 bits per heavy atom. The lowest BCUT2D eigenvalue weighted by Gasteiger charge is -2.15. The highest BCUT2D eigenvalue weighted by molar-refractivity contribution is 9.11. The van der Waals surface area contributed by atoms with Crippen molar-refractivity contribution in [3.63, 3.8) is 0 Å². The van der Waals surface area contributed by atoms with Crippen LogP contribution in [0.2, 0.25) is 0 Å². The Balaban J connectivity index is 0.000000413. The van der Waals surface area contributed by atoms with E-state index in [0.717, 1.165) is 86.2 Å². The Morgan fingerprint density at radius 1 is 0.365 bits per heavy atom. The number of benzene rings is 6. The van der Waals surface area contributed by atoms with E-state index < -0.39 is 14.5 Å². The summed E-state index contributed by atoms with van der Waals surface area (Å²) in [5.41, 5.74) is 10.1. The van der Waals surface area contributed by atoms with Gasteiger partial charge in [-0.15, -0.1) is 0 Å². The van der Waals surface area contributed by atoms with Crippen molar-refractivity contribution in [2.45, 2.75) is 0 Å². The molecule has 0 spiro atoms. The Morgan fingerprint density at radius 3 is 0.885 bits per heavy atom. The summed E-state index contributed by atoms with van der Waals surface area (Å²) in [6, 6.07) is 46.0. The molecule has 262 valence electrons. The molecule has 0 amide bonds. The average molecular weight is 844 g/mol. The summed E-state index contributed by atoms with van der Waals surface area (Å²) in [4.78, 5) is 0. The molecule has 0 aliphatic carbocycles. The van der Waals surface area contributed by atoms with E-state index in [4.69, 9.17) is 8.83 Å². The monoisotopic (exact) mass is 842 g/mol. The van der Waals surface area contributed by atoms with E-state index in [9.17, 15) is 34.5 Å². The van der Waals surface area contributed by atoms with Gasteiger partial charge in [0, 0.05) is 24.3 Å². The first-order chi connectivity index (χ1) is 24.7. The first-order valence-corrected chi connectivity index (χ1v) is 17.1. The Kier molecular flexibility index (Phi) is 10.7. The standard InChI is InChI=1S/C38H22Br2O2.2BF4/c39-29-17-9-15-27(35-23-11-1-5-19-31(23)41-32-20-6-2-12-24(32)35)37(29)38-28(16-10-18-30(38)40)36-25-13-3-7-21-33(25)42-34-22-8-4-14-26(34)36;2*2-1(3,4)5/h1-22H;;/q+2;2*-1. The van der Waals surface area contributed by atoms with Gasteiger partial charge in [0.05, 0.1) is 63.9 Å². The highest BCUT2D eigenvalue weighted by Crippen LogP contribution is 2.50. The van der Waals surface area contributed by atoms with Gasteiger partial charge in [-0.3, -0.25) is 0 Å². The Labute approximate surface area is 308 Å². The number of fused-ring (bicyclic) bond motifs is 4. The number of para-hydroxylation sites is 4. The van der Waals surface area contributed by atoms with Crippen LogP contribution in [0.4, 0.5) is 34.5 Å². The molecule has 0 radical (unpaired) electrons. The van der Waals surface area contributed by atoms with Crippen LogP contribution in [-0.4, -0.2) is 14.5 Å². The topological polar surface area (TPSA) is 26.3 Å². The average Bonchev–Trinajstić information content (AvgIpc) is 3.08. The van der Waals surface area contributed by atoms with E-state index in [0.29, 0.717) is 0 Å². The summed E-state index contributed by atoms with van der Waals surface area (Å²) in [5.74, 6) is 0. The normalized spacial score (nSPS) is 11.7. The molecular weight excluding hydrogens is 822 g/mol. The lowest BCUT2D eigenvalue weighted by atomic mass is 9.86.